The number of rotatable bonds is 54. The Morgan fingerprint density at radius 1 is 0.507 bits per heavy atom. The highest BCUT2D eigenvalue weighted by atomic mass is 31.2. The van der Waals surface area contributed by atoms with Gasteiger partial charge in [0.15, 0.2) is 0 Å². The Kier molecular flexibility index (Phi) is 45.8. The van der Waals surface area contributed by atoms with Crippen molar-refractivity contribution in [1.29, 1.82) is 5.53 Å². The summed E-state index contributed by atoms with van der Waals surface area (Å²) in [7, 11) is -3.51. The molecule has 0 heterocycles. The Labute approximate surface area is 406 Å². The maximum atomic E-state index is 12.9. The smallest absolute Gasteiger partial charge is 0.243 e. The topological polar surface area (TPSA) is 158 Å². The maximum absolute atomic E-state index is 12.9. The van der Waals surface area contributed by atoms with Gasteiger partial charge in [-0.1, -0.05) is 129 Å². The van der Waals surface area contributed by atoms with Gasteiger partial charge in [-0.3, -0.25) is 4.57 Å². The summed E-state index contributed by atoms with van der Waals surface area (Å²) in [6.07, 6.45) is 27.5. The molecule has 0 saturated carbocycles. The predicted octanol–water partition coefficient (Wildman–Crippen LogP) is 12.3. The van der Waals surface area contributed by atoms with Crippen LogP contribution < -0.4 is 14.8 Å². The van der Waals surface area contributed by atoms with Crippen molar-refractivity contribution in [3.8, 4) is 11.5 Å². The molecule has 1 rings (SSSR count). The van der Waals surface area contributed by atoms with E-state index in [1.165, 1.54) is 116 Å². The van der Waals surface area contributed by atoms with Gasteiger partial charge in [0.2, 0.25) is 7.45 Å². The normalized spacial score (nSPS) is 12.7. The van der Waals surface area contributed by atoms with E-state index in [9.17, 15) is 8.76 Å². The quantitative estimate of drug-likeness (QED) is 0.0362. The highest BCUT2D eigenvalue weighted by molar-refractivity contribution is 7.57. The summed E-state index contributed by atoms with van der Waals surface area (Å²) in [5.74, 6) is 1.66. The molecule has 16 heteroatoms. The molecule has 0 bridgehead atoms. The van der Waals surface area contributed by atoms with Gasteiger partial charge in [0.25, 0.3) is 0 Å². The summed E-state index contributed by atoms with van der Waals surface area (Å²) in [5.41, 5.74) is 9.15. The minimum Gasteiger partial charge on any atom is -0.493 e. The first kappa shape index (κ1) is 62.8. The Morgan fingerprint density at radius 2 is 0.836 bits per heavy atom. The van der Waals surface area contributed by atoms with E-state index in [1.54, 1.807) is 6.20 Å². The summed E-state index contributed by atoms with van der Waals surface area (Å²) in [4.78, 5) is 0. The highest BCUT2D eigenvalue weighted by Gasteiger charge is 2.11. The second kappa shape index (κ2) is 48.8. The zero-order chi connectivity index (χ0) is 48.4. The number of nitrogens with one attached hydrogen (secondary N) is 2. The van der Waals surface area contributed by atoms with E-state index in [-0.39, 0.29) is 19.4 Å². The van der Waals surface area contributed by atoms with Crippen molar-refractivity contribution in [2.45, 2.75) is 149 Å². The van der Waals surface area contributed by atoms with Gasteiger partial charge in [0, 0.05) is 25.5 Å². The molecule has 0 aliphatic carbocycles. The van der Waals surface area contributed by atoms with Gasteiger partial charge in [0.1, 0.15) is 17.2 Å². The van der Waals surface area contributed by atoms with Crippen LogP contribution in [0.4, 0.5) is 4.20 Å². The van der Waals surface area contributed by atoms with E-state index in [0.717, 1.165) is 36.6 Å². The second-order valence-corrected chi connectivity index (χ2v) is 19.5. The molecular formula is C51H95FN3O11P. The van der Waals surface area contributed by atoms with E-state index < -0.39 is 7.45 Å². The maximum Gasteiger partial charge on any atom is 0.243 e. The molecule has 392 valence electrons. The van der Waals surface area contributed by atoms with Crippen molar-refractivity contribution >= 4 is 7.45 Å². The van der Waals surface area contributed by atoms with Crippen molar-refractivity contribution in [3.63, 3.8) is 0 Å². The molecule has 0 radical (unpaired) electrons. The highest BCUT2D eigenvalue weighted by Crippen LogP contribution is 2.41. The fourth-order valence-corrected chi connectivity index (χ4v) is 7.25. The molecule has 0 saturated heterocycles. The van der Waals surface area contributed by atoms with Crippen molar-refractivity contribution in [1.82, 2.24) is 5.32 Å². The van der Waals surface area contributed by atoms with Gasteiger partial charge in [-0.05, 0) is 30.5 Å². The zero-order valence-electron chi connectivity index (χ0n) is 42.4. The average molecular weight is 976 g/mol. The molecule has 2 N–H and O–H groups in total. The summed E-state index contributed by atoms with van der Waals surface area (Å²) in [6.45, 7) is 13.9. The van der Waals surface area contributed by atoms with Gasteiger partial charge >= 0.3 is 0 Å². The first-order chi connectivity index (χ1) is 32.9. The fourth-order valence-electron chi connectivity index (χ4n) is 6.80. The van der Waals surface area contributed by atoms with Crippen LogP contribution in [0.3, 0.4) is 0 Å². The molecule has 0 amide bonds. The number of unbranched alkanes of at least 4 members (excludes halogenated alkanes) is 18. The van der Waals surface area contributed by atoms with E-state index in [4.69, 9.17) is 52.9 Å². The van der Waals surface area contributed by atoms with Crippen LogP contribution in [-0.2, 0) is 49.0 Å². The molecule has 0 aliphatic rings. The lowest BCUT2D eigenvalue weighted by atomic mass is 10.1. The predicted molar refractivity (Wildman–Crippen MR) is 267 cm³/mol. The third kappa shape index (κ3) is 46.0. The zero-order valence-corrected chi connectivity index (χ0v) is 43.3. The van der Waals surface area contributed by atoms with E-state index >= 15 is 0 Å². The molecule has 67 heavy (non-hydrogen) atoms. The molecule has 14 nitrogen and oxygen atoms in total. The number of ether oxygens (including phenoxy) is 10. The summed E-state index contributed by atoms with van der Waals surface area (Å²) < 4.78 is 80.2. The molecular weight excluding hydrogens is 881 g/mol. The third-order valence-corrected chi connectivity index (χ3v) is 11.7. The van der Waals surface area contributed by atoms with E-state index in [2.05, 4.69) is 36.4 Å². The van der Waals surface area contributed by atoms with Crippen LogP contribution in [0.1, 0.15) is 148 Å². The van der Waals surface area contributed by atoms with Crippen LogP contribution in [0.5, 0.6) is 11.5 Å². The monoisotopic (exact) mass is 976 g/mol. The number of hydrogen-bond donors (Lipinski definition) is 2. The minimum absolute atomic E-state index is 0.0696. The van der Waals surface area contributed by atoms with Crippen LogP contribution in [0.2, 0.25) is 0 Å². The van der Waals surface area contributed by atoms with Gasteiger partial charge in [0.05, 0.1) is 125 Å². The van der Waals surface area contributed by atoms with Crippen LogP contribution >= 0.6 is 7.45 Å². The molecule has 0 aliphatic heterocycles. The van der Waals surface area contributed by atoms with Gasteiger partial charge in [-0.25, -0.2) is 5.53 Å². The van der Waals surface area contributed by atoms with Gasteiger partial charge in [-0.2, -0.15) is 9.31 Å². The molecule has 0 aromatic heterocycles. The van der Waals surface area contributed by atoms with Crippen LogP contribution in [0.15, 0.2) is 35.2 Å². The molecule has 1 atom stereocenters. The Bertz CT molecular complexity index is 1270. The van der Waals surface area contributed by atoms with Crippen molar-refractivity contribution in [2.75, 3.05) is 132 Å². The van der Waals surface area contributed by atoms with E-state index in [1.807, 2.05) is 6.07 Å². The third-order valence-electron chi connectivity index (χ3n) is 10.7. The number of benzene rings is 1. The SMILES string of the molecule is CCCCCCCCCCCCOc1cc(CN/C=C(/COCCOCCOCCOCCOCCOCCOCCOCCP(C)(=O)F)N=N)cc(OCCCCCCCCCCCC)c1. The average Bonchev–Trinajstić information content (AvgIpc) is 3.31. The van der Waals surface area contributed by atoms with Gasteiger partial charge < -0.3 is 52.7 Å². The lowest BCUT2D eigenvalue weighted by Gasteiger charge is -2.13. The lowest BCUT2D eigenvalue weighted by Crippen LogP contribution is -2.15. The Balaban J connectivity index is 2.20. The minimum atomic E-state index is -3.51. The van der Waals surface area contributed by atoms with E-state index in [0.29, 0.717) is 118 Å². The standard InChI is InChI=1S/C51H95FN3O11P/c1-4-6-8-10-12-14-16-18-20-22-24-65-50-42-48(43-51(44-50)66-25-23-21-19-17-15-13-11-9-7-5-2)45-54-46-49(55-53)47-64-39-38-62-35-34-60-31-30-58-27-26-57-28-29-59-32-33-61-36-37-63-40-41-67(3,52)56/h42-44,46,53-54H,4-41,45,47H2,1-3H3/b49-46-,55-53?. The van der Waals surface area contributed by atoms with Crippen molar-refractivity contribution in [3.05, 3.63) is 35.7 Å². The summed E-state index contributed by atoms with van der Waals surface area (Å²) >= 11 is 0. The Hall–Kier alpha value is -2.20. The van der Waals surface area contributed by atoms with Gasteiger partial charge in [-0.15, -0.1) is 0 Å². The Morgan fingerprint density at radius 3 is 1.18 bits per heavy atom. The van der Waals surface area contributed by atoms with Crippen LogP contribution in [0, 0.1) is 5.53 Å². The largest absolute Gasteiger partial charge is 0.493 e. The summed E-state index contributed by atoms with van der Waals surface area (Å²) in [6, 6.07) is 6.15. The molecule has 1 unspecified atom stereocenters. The van der Waals surface area contributed by atoms with Crippen molar-refractivity contribution in [2.24, 2.45) is 5.11 Å². The van der Waals surface area contributed by atoms with Crippen LogP contribution in [-0.4, -0.2) is 132 Å². The first-order valence-corrected chi connectivity index (χ1v) is 28.2. The lowest BCUT2D eigenvalue weighted by molar-refractivity contribution is -0.0224. The van der Waals surface area contributed by atoms with Crippen molar-refractivity contribution < 1.29 is 56.1 Å². The molecule has 0 fully saturated rings. The summed E-state index contributed by atoms with van der Waals surface area (Å²) in [5, 5.41) is 6.94. The second-order valence-electron chi connectivity index (χ2n) is 17.1. The molecule has 1 aromatic carbocycles. The number of hydrogen-bond acceptors (Lipinski definition) is 14. The number of nitrogens with zero attached hydrogens (tertiary/aromatic N) is 1. The fraction of sp³-hybridized carbons (Fsp3) is 0.843. The molecule has 0 spiro atoms. The molecule has 1 aromatic rings. The van der Waals surface area contributed by atoms with Crippen LogP contribution in [0.25, 0.3) is 0 Å². The number of halogens is 1. The first-order valence-electron chi connectivity index (χ1n) is 26.0.